The number of halogens is 3. The van der Waals surface area contributed by atoms with Crippen molar-refractivity contribution in [1.29, 1.82) is 0 Å². The number of hydrogen-bond acceptors (Lipinski definition) is 3. The molecule has 3 nitrogen and oxygen atoms in total. The van der Waals surface area contributed by atoms with E-state index in [-0.39, 0.29) is 6.54 Å². The lowest BCUT2D eigenvalue weighted by molar-refractivity contribution is -0.144. The third kappa shape index (κ3) is 5.23. The molecule has 6 heteroatoms. The van der Waals surface area contributed by atoms with Crippen molar-refractivity contribution in [3.63, 3.8) is 0 Å². The number of nitrogens with zero attached hydrogens (tertiary/aromatic N) is 1. The van der Waals surface area contributed by atoms with Crippen molar-refractivity contribution in [1.82, 2.24) is 10.2 Å². The van der Waals surface area contributed by atoms with Crippen LogP contribution in [0.3, 0.4) is 0 Å². The van der Waals surface area contributed by atoms with Crippen LogP contribution in [0, 0.1) is 0 Å². The molecule has 0 spiro atoms. The quantitative estimate of drug-likeness (QED) is 0.840. The van der Waals surface area contributed by atoms with E-state index in [9.17, 15) is 13.2 Å². The number of furan rings is 1. The average molecular weight is 250 g/mol. The molecular weight excluding hydrogens is 233 g/mol. The largest absolute Gasteiger partial charge is 0.468 e. The Labute approximate surface area is 98.6 Å². The van der Waals surface area contributed by atoms with Crippen molar-refractivity contribution < 1.29 is 17.6 Å². The second-order valence-electron chi connectivity index (χ2n) is 3.94. The minimum atomic E-state index is -4.17. The highest BCUT2D eigenvalue weighted by molar-refractivity contribution is 5.16. The molecule has 0 amide bonds. The van der Waals surface area contributed by atoms with E-state index >= 15 is 0 Å². The molecule has 0 aromatic carbocycles. The Kier molecular flexibility index (Phi) is 5.02. The molecule has 0 atom stereocenters. The van der Waals surface area contributed by atoms with Gasteiger partial charge in [0, 0.05) is 12.1 Å². The highest BCUT2D eigenvalue weighted by atomic mass is 19.4. The summed E-state index contributed by atoms with van der Waals surface area (Å²) in [4.78, 5) is 1.22. The standard InChI is InChI=1S/C11H17F3N2O/c1-3-15-6-10-9(4-5-17-10)7-16(2)8-11(12,13)14/h4-5,15H,3,6-8H2,1-2H3. The molecule has 0 unspecified atom stereocenters. The Bertz CT molecular complexity index is 336. The molecule has 1 aromatic heterocycles. The van der Waals surface area contributed by atoms with Crippen LogP contribution in [0.2, 0.25) is 0 Å². The van der Waals surface area contributed by atoms with Crippen LogP contribution >= 0.6 is 0 Å². The first-order valence-electron chi connectivity index (χ1n) is 5.43. The van der Waals surface area contributed by atoms with Gasteiger partial charge in [-0.2, -0.15) is 13.2 Å². The van der Waals surface area contributed by atoms with E-state index in [0.717, 1.165) is 12.1 Å². The molecular formula is C11H17F3N2O. The van der Waals surface area contributed by atoms with Crippen LogP contribution < -0.4 is 5.32 Å². The van der Waals surface area contributed by atoms with Crippen LogP contribution in [0.15, 0.2) is 16.7 Å². The second kappa shape index (κ2) is 6.07. The van der Waals surface area contributed by atoms with E-state index in [1.165, 1.54) is 18.2 Å². The predicted octanol–water partition coefficient (Wildman–Crippen LogP) is 2.38. The highest BCUT2D eigenvalue weighted by Gasteiger charge is 2.29. The molecule has 0 aliphatic rings. The summed E-state index contributed by atoms with van der Waals surface area (Å²) in [6.45, 7) is 2.60. The van der Waals surface area contributed by atoms with Crippen molar-refractivity contribution >= 4 is 0 Å². The summed E-state index contributed by atoms with van der Waals surface area (Å²) >= 11 is 0. The zero-order valence-corrected chi connectivity index (χ0v) is 9.97. The maximum absolute atomic E-state index is 12.2. The topological polar surface area (TPSA) is 28.4 Å². The minimum Gasteiger partial charge on any atom is -0.468 e. The van der Waals surface area contributed by atoms with E-state index < -0.39 is 12.7 Å². The molecule has 1 rings (SSSR count). The second-order valence-corrected chi connectivity index (χ2v) is 3.94. The Morgan fingerprint density at radius 1 is 1.41 bits per heavy atom. The summed E-state index contributed by atoms with van der Waals surface area (Å²) in [7, 11) is 1.44. The molecule has 0 saturated carbocycles. The van der Waals surface area contributed by atoms with Gasteiger partial charge in [-0.15, -0.1) is 0 Å². The van der Waals surface area contributed by atoms with Crippen LogP contribution in [-0.2, 0) is 13.1 Å². The maximum atomic E-state index is 12.2. The molecule has 98 valence electrons. The summed E-state index contributed by atoms with van der Waals surface area (Å²) in [5, 5.41) is 3.08. The fraction of sp³-hybridized carbons (Fsp3) is 0.636. The summed E-state index contributed by atoms with van der Waals surface area (Å²) in [6, 6.07) is 1.71. The highest BCUT2D eigenvalue weighted by Crippen LogP contribution is 2.18. The van der Waals surface area contributed by atoms with Crippen molar-refractivity contribution in [2.24, 2.45) is 0 Å². The van der Waals surface area contributed by atoms with Crippen LogP contribution in [0.1, 0.15) is 18.2 Å². The lowest BCUT2D eigenvalue weighted by Crippen LogP contribution is -2.30. The Balaban J connectivity index is 2.53. The molecule has 17 heavy (non-hydrogen) atoms. The van der Waals surface area contributed by atoms with Crippen LogP contribution in [0.25, 0.3) is 0 Å². The molecule has 0 aliphatic heterocycles. The zero-order chi connectivity index (χ0) is 12.9. The van der Waals surface area contributed by atoms with Crippen LogP contribution in [0.5, 0.6) is 0 Å². The van der Waals surface area contributed by atoms with Gasteiger partial charge in [0.15, 0.2) is 0 Å². The molecule has 0 fully saturated rings. The van der Waals surface area contributed by atoms with Gasteiger partial charge in [-0.3, -0.25) is 4.90 Å². The summed E-state index contributed by atoms with van der Waals surface area (Å²) in [6.07, 6.45) is -2.66. The van der Waals surface area contributed by atoms with Gasteiger partial charge >= 0.3 is 6.18 Å². The maximum Gasteiger partial charge on any atom is 0.401 e. The number of nitrogens with one attached hydrogen (secondary N) is 1. The number of alkyl halides is 3. The fourth-order valence-corrected chi connectivity index (χ4v) is 1.55. The van der Waals surface area contributed by atoms with Gasteiger partial charge in [0.25, 0.3) is 0 Å². The van der Waals surface area contributed by atoms with Gasteiger partial charge in [-0.1, -0.05) is 6.92 Å². The fourth-order valence-electron chi connectivity index (χ4n) is 1.55. The lowest BCUT2D eigenvalue weighted by Gasteiger charge is -2.18. The van der Waals surface area contributed by atoms with Gasteiger partial charge in [0.05, 0.1) is 19.4 Å². The first-order chi connectivity index (χ1) is 7.92. The number of rotatable bonds is 6. The molecule has 0 aliphatic carbocycles. The van der Waals surface area contributed by atoms with Gasteiger partial charge in [0.2, 0.25) is 0 Å². The Hall–Kier alpha value is -1.01. The van der Waals surface area contributed by atoms with Gasteiger partial charge in [-0.25, -0.2) is 0 Å². The van der Waals surface area contributed by atoms with E-state index in [0.29, 0.717) is 12.3 Å². The van der Waals surface area contributed by atoms with Crippen molar-refractivity contribution in [2.45, 2.75) is 26.2 Å². The smallest absolute Gasteiger partial charge is 0.401 e. The van der Waals surface area contributed by atoms with E-state index in [1.807, 2.05) is 6.92 Å². The summed E-state index contributed by atoms with van der Waals surface area (Å²) in [5.41, 5.74) is 0.790. The first-order valence-corrected chi connectivity index (χ1v) is 5.43. The van der Waals surface area contributed by atoms with Crippen molar-refractivity contribution in [2.75, 3.05) is 20.1 Å². The Morgan fingerprint density at radius 2 is 2.12 bits per heavy atom. The van der Waals surface area contributed by atoms with E-state index in [4.69, 9.17) is 4.42 Å². The molecule has 0 radical (unpaired) electrons. The zero-order valence-electron chi connectivity index (χ0n) is 9.97. The van der Waals surface area contributed by atoms with Gasteiger partial charge in [-0.05, 0) is 19.7 Å². The summed E-state index contributed by atoms with van der Waals surface area (Å²) in [5.74, 6) is 0.695. The van der Waals surface area contributed by atoms with Gasteiger partial charge < -0.3 is 9.73 Å². The monoisotopic (exact) mass is 250 g/mol. The van der Waals surface area contributed by atoms with Crippen molar-refractivity contribution in [3.05, 3.63) is 23.7 Å². The third-order valence-electron chi connectivity index (χ3n) is 2.26. The predicted molar refractivity (Wildman–Crippen MR) is 58.5 cm³/mol. The number of hydrogen-bond donors (Lipinski definition) is 1. The third-order valence-corrected chi connectivity index (χ3v) is 2.26. The lowest BCUT2D eigenvalue weighted by atomic mass is 10.2. The normalized spacial score (nSPS) is 12.4. The molecule has 0 bridgehead atoms. The first kappa shape index (κ1) is 14.1. The SMILES string of the molecule is CCNCc1occc1CN(C)CC(F)(F)F. The molecule has 1 N–H and O–H groups in total. The van der Waals surface area contributed by atoms with Crippen LogP contribution in [-0.4, -0.2) is 31.2 Å². The van der Waals surface area contributed by atoms with Crippen molar-refractivity contribution in [3.8, 4) is 0 Å². The molecule has 0 saturated heterocycles. The van der Waals surface area contributed by atoms with Crippen LogP contribution in [0.4, 0.5) is 13.2 Å². The van der Waals surface area contributed by atoms with E-state index in [1.54, 1.807) is 6.07 Å². The Morgan fingerprint density at radius 3 is 2.71 bits per heavy atom. The summed E-state index contributed by atoms with van der Waals surface area (Å²) < 4.78 is 41.7. The minimum absolute atomic E-state index is 0.233. The van der Waals surface area contributed by atoms with Gasteiger partial charge in [0.1, 0.15) is 5.76 Å². The van der Waals surface area contributed by atoms with E-state index in [2.05, 4.69) is 5.32 Å². The average Bonchev–Trinajstić information content (AvgIpc) is 2.59. The molecule has 1 aromatic rings. The molecule has 1 heterocycles.